The Bertz CT molecular complexity index is 393. The van der Waals surface area contributed by atoms with Crippen molar-refractivity contribution >= 4 is 5.97 Å². The number of carbonyl (C=O) groups excluding carboxylic acids is 1. The first-order chi connectivity index (χ1) is 7.47. The van der Waals surface area contributed by atoms with E-state index in [2.05, 4.69) is 4.74 Å². The van der Waals surface area contributed by atoms with Crippen LogP contribution in [-0.2, 0) is 9.53 Å². The number of ether oxygens (including phenoxy) is 1. The van der Waals surface area contributed by atoms with Gasteiger partial charge in [-0.05, 0) is 17.7 Å². The van der Waals surface area contributed by atoms with Gasteiger partial charge in [-0.1, -0.05) is 6.07 Å². The summed E-state index contributed by atoms with van der Waals surface area (Å²) in [5, 5.41) is 28.0. The average molecular weight is 227 g/mol. The maximum absolute atomic E-state index is 11.1. The van der Waals surface area contributed by atoms with E-state index in [1.807, 2.05) is 0 Å². The third-order valence-electron chi connectivity index (χ3n) is 2.15. The standard InChI is InChI=1S/C10H13NO5/c1-16-10(15)8(11)9(14)5-2-3-6(12)7(13)4-5/h2-4,8-9,12-14H,11H2,1H3/t8-,9?/m0/s1. The molecule has 0 aromatic heterocycles. The highest BCUT2D eigenvalue weighted by Gasteiger charge is 2.25. The van der Waals surface area contributed by atoms with Gasteiger partial charge in [0.05, 0.1) is 7.11 Å². The van der Waals surface area contributed by atoms with E-state index in [-0.39, 0.29) is 11.3 Å². The summed E-state index contributed by atoms with van der Waals surface area (Å²) >= 11 is 0. The fourth-order valence-electron chi connectivity index (χ4n) is 1.20. The molecule has 88 valence electrons. The molecule has 1 rings (SSSR count). The normalized spacial score (nSPS) is 14.2. The van der Waals surface area contributed by atoms with Gasteiger partial charge in [0, 0.05) is 0 Å². The number of aliphatic hydroxyl groups excluding tert-OH is 1. The molecule has 6 nitrogen and oxygen atoms in total. The van der Waals surface area contributed by atoms with E-state index in [9.17, 15) is 15.0 Å². The first-order valence-corrected chi connectivity index (χ1v) is 4.50. The molecule has 0 spiro atoms. The van der Waals surface area contributed by atoms with Crippen molar-refractivity contribution in [2.75, 3.05) is 7.11 Å². The number of aromatic hydroxyl groups is 2. The lowest BCUT2D eigenvalue weighted by atomic mass is 10.0. The van der Waals surface area contributed by atoms with E-state index in [1.54, 1.807) is 0 Å². The summed E-state index contributed by atoms with van der Waals surface area (Å²) in [4.78, 5) is 11.1. The number of hydrogen-bond acceptors (Lipinski definition) is 6. The Morgan fingerprint density at radius 1 is 1.38 bits per heavy atom. The summed E-state index contributed by atoms with van der Waals surface area (Å²) in [5.74, 6) is -1.48. The van der Waals surface area contributed by atoms with Gasteiger partial charge in [0.15, 0.2) is 11.5 Å². The van der Waals surface area contributed by atoms with Crippen LogP contribution in [0.4, 0.5) is 0 Å². The van der Waals surface area contributed by atoms with Gasteiger partial charge in [-0.3, -0.25) is 4.79 Å². The maximum Gasteiger partial charge on any atom is 0.325 e. The molecule has 0 radical (unpaired) electrons. The largest absolute Gasteiger partial charge is 0.504 e. The Hall–Kier alpha value is -1.79. The second-order valence-electron chi connectivity index (χ2n) is 3.24. The zero-order valence-electron chi connectivity index (χ0n) is 8.62. The minimum Gasteiger partial charge on any atom is -0.504 e. The average Bonchev–Trinajstić information content (AvgIpc) is 2.29. The van der Waals surface area contributed by atoms with Crippen molar-refractivity contribution in [3.8, 4) is 11.5 Å². The molecule has 16 heavy (non-hydrogen) atoms. The molecule has 1 unspecified atom stereocenters. The number of esters is 1. The number of nitrogens with two attached hydrogens (primary N) is 1. The van der Waals surface area contributed by atoms with Crippen molar-refractivity contribution in [2.24, 2.45) is 5.73 Å². The Morgan fingerprint density at radius 3 is 2.50 bits per heavy atom. The number of aliphatic hydroxyl groups is 1. The molecule has 1 aromatic rings. The van der Waals surface area contributed by atoms with Crippen LogP contribution in [0.5, 0.6) is 11.5 Å². The molecule has 0 amide bonds. The zero-order chi connectivity index (χ0) is 12.3. The van der Waals surface area contributed by atoms with Gasteiger partial charge in [0.1, 0.15) is 12.1 Å². The number of benzene rings is 1. The van der Waals surface area contributed by atoms with Crippen molar-refractivity contribution in [3.63, 3.8) is 0 Å². The van der Waals surface area contributed by atoms with Crippen molar-refractivity contribution < 1.29 is 24.9 Å². The van der Waals surface area contributed by atoms with Crippen LogP contribution in [0.2, 0.25) is 0 Å². The predicted molar refractivity (Wildman–Crippen MR) is 54.7 cm³/mol. The van der Waals surface area contributed by atoms with E-state index < -0.39 is 23.9 Å². The zero-order valence-corrected chi connectivity index (χ0v) is 8.62. The minimum atomic E-state index is -1.31. The van der Waals surface area contributed by atoms with Crippen LogP contribution in [-0.4, -0.2) is 34.4 Å². The Kier molecular flexibility index (Phi) is 3.70. The highest BCUT2D eigenvalue weighted by atomic mass is 16.5. The van der Waals surface area contributed by atoms with Gasteiger partial charge in [-0.15, -0.1) is 0 Å². The molecule has 0 saturated carbocycles. The Balaban J connectivity index is 2.91. The van der Waals surface area contributed by atoms with Crippen LogP contribution in [0, 0.1) is 0 Å². The summed E-state index contributed by atoms with van der Waals surface area (Å²) in [6.45, 7) is 0. The second kappa shape index (κ2) is 4.82. The summed E-state index contributed by atoms with van der Waals surface area (Å²) < 4.78 is 4.37. The molecule has 0 bridgehead atoms. The lowest BCUT2D eigenvalue weighted by molar-refractivity contribution is -0.145. The molecule has 6 heteroatoms. The molecule has 1 aromatic carbocycles. The molecule has 0 fully saturated rings. The van der Waals surface area contributed by atoms with Crippen molar-refractivity contribution in [3.05, 3.63) is 23.8 Å². The van der Waals surface area contributed by atoms with Crippen LogP contribution < -0.4 is 5.73 Å². The molecular weight excluding hydrogens is 214 g/mol. The minimum absolute atomic E-state index is 0.216. The number of phenols is 2. The molecular formula is C10H13NO5. The van der Waals surface area contributed by atoms with Crippen LogP contribution in [0.25, 0.3) is 0 Å². The second-order valence-corrected chi connectivity index (χ2v) is 3.24. The molecule has 5 N–H and O–H groups in total. The summed E-state index contributed by atoms with van der Waals surface area (Å²) in [5.41, 5.74) is 5.64. The maximum atomic E-state index is 11.1. The molecule has 0 saturated heterocycles. The van der Waals surface area contributed by atoms with Crippen LogP contribution in [0.15, 0.2) is 18.2 Å². The molecule has 0 aliphatic carbocycles. The van der Waals surface area contributed by atoms with Crippen molar-refractivity contribution in [2.45, 2.75) is 12.1 Å². The lowest BCUT2D eigenvalue weighted by Gasteiger charge is -2.17. The third-order valence-corrected chi connectivity index (χ3v) is 2.15. The fraction of sp³-hybridized carbons (Fsp3) is 0.300. The lowest BCUT2D eigenvalue weighted by Crippen LogP contribution is -2.37. The van der Waals surface area contributed by atoms with Gasteiger partial charge in [-0.2, -0.15) is 0 Å². The highest BCUT2D eigenvalue weighted by Crippen LogP contribution is 2.28. The van der Waals surface area contributed by atoms with Crippen LogP contribution >= 0.6 is 0 Å². The van der Waals surface area contributed by atoms with E-state index in [0.29, 0.717) is 0 Å². The van der Waals surface area contributed by atoms with Gasteiger partial charge in [-0.25, -0.2) is 0 Å². The fourth-order valence-corrected chi connectivity index (χ4v) is 1.20. The quantitative estimate of drug-likeness (QED) is 0.414. The molecule has 0 aliphatic heterocycles. The van der Waals surface area contributed by atoms with Crippen LogP contribution in [0.1, 0.15) is 11.7 Å². The summed E-state index contributed by atoms with van der Waals surface area (Å²) in [6, 6.07) is 2.43. The first kappa shape index (κ1) is 12.3. The first-order valence-electron chi connectivity index (χ1n) is 4.50. The third kappa shape index (κ3) is 2.41. The number of hydrogen-bond donors (Lipinski definition) is 4. The number of methoxy groups -OCH3 is 1. The molecule has 2 atom stereocenters. The topological polar surface area (TPSA) is 113 Å². The van der Waals surface area contributed by atoms with E-state index in [1.165, 1.54) is 12.1 Å². The van der Waals surface area contributed by atoms with Gasteiger partial charge >= 0.3 is 5.97 Å². The smallest absolute Gasteiger partial charge is 0.325 e. The van der Waals surface area contributed by atoms with Crippen molar-refractivity contribution in [1.82, 2.24) is 0 Å². The highest BCUT2D eigenvalue weighted by molar-refractivity contribution is 5.76. The predicted octanol–water partition coefficient (Wildman–Crippen LogP) is -0.369. The Labute approximate surface area is 91.9 Å². The van der Waals surface area contributed by atoms with E-state index in [4.69, 9.17) is 10.8 Å². The number of phenolic OH excluding ortho intramolecular Hbond substituents is 2. The van der Waals surface area contributed by atoms with E-state index >= 15 is 0 Å². The van der Waals surface area contributed by atoms with Crippen molar-refractivity contribution in [1.29, 1.82) is 0 Å². The number of carbonyl (C=O) groups is 1. The molecule has 0 heterocycles. The SMILES string of the molecule is COC(=O)[C@@H](N)C(O)c1ccc(O)c(O)c1. The summed E-state index contributed by atoms with van der Waals surface area (Å²) in [7, 11) is 1.16. The van der Waals surface area contributed by atoms with Crippen LogP contribution in [0.3, 0.4) is 0 Å². The van der Waals surface area contributed by atoms with Gasteiger partial charge in [0.2, 0.25) is 0 Å². The van der Waals surface area contributed by atoms with Gasteiger partial charge < -0.3 is 25.8 Å². The molecule has 0 aliphatic rings. The van der Waals surface area contributed by atoms with E-state index in [0.717, 1.165) is 13.2 Å². The summed E-state index contributed by atoms with van der Waals surface area (Å²) in [6.07, 6.45) is -1.31. The monoisotopic (exact) mass is 227 g/mol. The number of rotatable bonds is 3. The van der Waals surface area contributed by atoms with Gasteiger partial charge in [0.25, 0.3) is 0 Å². The Morgan fingerprint density at radius 2 is 2.00 bits per heavy atom.